The first-order valence-corrected chi connectivity index (χ1v) is 44.3. The molecule has 0 spiro atoms. The number of aromatic nitrogens is 12. The third-order valence-corrected chi connectivity index (χ3v) is 24.8. The van der Waals surface area contributed by atoms with E-state index in [0.717, 1.165) is 148 Å². The molecule has 6 amide bonds. The molecule has 6 fully saturated rings. The van der Waals surface area contributed by atoms with Crippen molar-refractivity contribution in [3.63, 3.8) is 0 Å². The van der Waals surface area contributed by atoms with Gasteiger partial charge in [0.2, 0.25) is 0 Å². The van der Waals surface area contributed by atoms with Gasteiger partial charge >= 0.3 is 24.6 Å². The van der Waals surface area contributed by atoms with Gasteiger partial charge in [-0.3, -0.25) is 24.0 Å². The number of rotatable bonds is 15. The zero-order valence-electron chi connectivity index (χ0n) is 74.4. The summed E-state index contributed by atoms with van der Waals surface area (Å²) in [5.41, 5.74) is -2.06. The molecule has 2 atom stereocenters. The van der Waals surface area contributed by atoms with E-state index in [9.17, 15) is 91.7 Å². The molecule has 5 aliphatic heterocycles. The molecule has 2 N–H and O–H groups in total. The molecule has 13 heterocycles. The standard InChI is InChI=1S/C27H23F4N5O3.C26H37N5O4.C21H20F4N4O2.C20H18F4N4O2/c1-17-14-34(11-12-35(17)26(38)39-16-18-5-3-2-4-6-18)25(37)23-15-36-24(32-23)21(27(29,30)31)13-22(33-36)19-7-9-20(28)10-8-19;1-17(2)19-14-20(18-6-12-35-13-7-18)28-31-15-21(27-22(19)31)23(32)30-11-10-29(16-25(30,3)4)24(33)26(34)8-5-9-26;1-2-31-15-7-9-28(10-8-15)20(30)18-12-29-19(26-18)16(21(23,24)25)11-17(27-29)13-3-5-14(22)6-4-13;21-13-6-4-12(5-7-13)16-9-15(20(22,23)24)18-25-17(10-28(18)26-16)19(30)27-8-2-1-3-14(27)11-29/h2-10,13,15,17H,11-12,14,16H2,1H3;14-15,17-18,34H,5-13,16H2,1-4H3;3-6,11-12,15H,2,7-10H2,1H3;4-7,9-10,14,29H,1-3,8,11H2/t17-;;;/m0.../s1. The van der Waals surface area contributed by atoms with Gasteiger partial charge in [-0.05, 0) is 200 Å². The Kier molecular flexibility index (Phi) is 28.5. The van der Waals surface area contributed by atoms with Crippen LogP contribution in [0, 0.1) is 17.5 Å². The lowest BCUT2D eigenvalue weighted by molar-refractivity contribution is -0.164. The van der Waals surface area contributed by atoms with E-state index >= 15 is 0 Å². The number of imidazole rings is 4. The second-order valence-corrected chi connectivity index (χ2v) is 35.0. The molecule has 8 aromatic heterocycles. The van der Waals surface area contributed by atoms with Gasteiger partial charge in [0.05, 0.1) is 71.9 Å². The van der Waals surface area contributed by atoms with E-state index in [4.69, 9.17) is 24.3 Å². The fraction of sp³-hybridized carbons (Fsp3) is 0.426. The second kappa shape index (κ2) is 39.9. The first-order chi connectivity index (χ1) is 64.2. The number of aliphatic hydroxyl groups is 2. The van der Waals surface area contributed by atoms with Crippen LogP contribution in [0.1, 0.15) is 193 Å². The van der Waals surface area contributed by atoms with Crippen molar-refractivity contribution in [2.24, 2.45) is 0 Å². The summed E-state index contributed by atoms with van der Waals surface area (Å²) >= 11 is 0. The zero-order valence-corrected chi connectivity index (χ0v) is 74.4. The van der Waals surface area contributed by atoms with Gasteiger partial charge in [-0.1, -0.05) is 44.2 Å². The number of piperazine rings is 2. The number of nitrogens with zero attached hydrogens (tertiary/aromatic N) is 18. The Morgan fingerprint density at radius 3 is 1.41 bits per heavy atom. The number of hydrogen-bond donors (Lipinski definition) is 2. The molecular formula is C94H98F12N18O11. The molecule has 1 unspecified atom stereocenters. The lowest BCUT2D eigenvalue weighted by Gasteiger charge is -2.49. The summed E-state index contributed by atoms with van der Waals surface area (Å²) in [6.45, 7) is 16.8. The third-order valence-electron chi connectivity index (χ3n) is 24.8. The average Bonchev–Trinajstić information content (AvgIpc) is 1.64. The van der Waals surface area contributed by atoms with Gasteiger partial charge in [0.15, 0.2) is 22.6 Å². The Morgan fingerprint density at radius 2 is 0.970 bits per heavy atom. The van der Waals surface area contributed by atoms with Crippen molar-refractivity contribution >= 4 is 58.2 Å². The van der Waals surface area contributed by atoms with Crippen molar-refractivity contribution in [1.29, 1.82) is 0 Å². The van der Waals surface area contributed by atoms with Gasteiger partial charge in [0, 0.05) is 113 Å². The quantitative estimate of drug-likeness (QED) is 0.0901. The summed E-state index contributed by atoms with van der Waals surface area (Å²) in [6.07, 6.45) is -2.04. The second-order valence-electron chi connectivity index (χ2n) is 35.0. The van der Waals surface area contributed by atoms with Crippen molar-refractivity contribution < 1.29 is 106 Å². The number of halogens is 12. The Balaban J connectivity index is 0.000000138. The molecule has 714 valence electrons. The topological polar surface area (TPSA) is 311 Å². The number of aliphatic hydroxyl groups excluding tert-OH is 1. The van der Waals surface area contributed by atoms with Crippen LogP contribution in [0.3, 0.4) is 0 Å². The smallest absolute Gasteiger partial charge is 0.420 e. The Labute approximate surface area is 765 Å². The summed E-state index contributed by atoms with van der Waals surface area (Å²) in [4.78, 5) is 104. The summed E-state index contributed by atoms with van der Waals surface area (Å²) in [5.74, 6) is -2.91. The van der Waals surface area contributed by atoms with Crippen LogP contribution >= 0.6 is 0 Å². The Bertz CT molecular complexity index is 6310. The SMILES string of the molecule is CC(C)c1cc(C2CCOCC2)nn2cc(C(=O)N3CCN(C(=O)C4(O)CCC4)CC3(C)C)nc12.CCOC1CCN(C(=O)c2cn3nc(-c4ccc(F)cc4)cc(C(F)(F)F)c3n2)CC1.C[C@H]1CN(C(=O)c2cn3nc(-c4ccc(F)cc4)cc(C(F)(F)F)c3n2)CCN1C(=O)OCc1ccccc1.O=C(c1cn2nc(-c3ccc(F)cc3)cc(C(F)(F)F)c2n1)N1CCCCC1CO. The lowest BCUT2D eigenvalue weighted by Crippen LogP contribution is -2.65. The Hall–Kier alpha value is -13.0. The van der Waals surface area contributed by atoms with Crippen molar-refractivity contribution in [2.45, 2.75) is 172 Å². The van der Waals surface area contributed by atoms with Crippen LogP contribution in [0.2, 0.25) is 0 Å². The zero-order chi connectivity index (χ0) is 96.3. The molecule has 1 saturated carbocycles. The van der Waals surface area contributed by atoms with E-state index in [1.165, 1.54) is 57.3 Å². The summed E-state index contributed by atoms with van der Waals surface area (Å²) in [7, 11) is 0. The van der Waals surface area contributed by atoms with E-state index in [0.29, 0.717) is 101 Å². The minimum Gasteiger partial charge on any atom is -0.445 e. The van der Waals surface area contributed by atoms with E-state index in [1.807, 2.05) is 51.1 Å². The van der Waals surface area contributed by atoms with Gasteiger partial charge < -0.3 is 53.8 Å². The van der Waals surface area contributed by atoms with Gasteiger partial charge in [0.25, 0.3) is 29.5 Å². The number of ether oxygens (including phenoxy) is 3. The maximum absolute atomic E-state index is 13.9. The largest absolute Gasteiger partial charge is 0.445 e. The maximum Gasteiger partial charge on any atom is 0.420 e. The number of carbonyl (C=O) groups is 6. The molecule has 0 bridgehead atoms. The maximum atomic E-state index is 13.9. The average molecular weight is 1880 g/mol. The summed E-state index contributed by atoms with van der Waals surface area (Å²) < 4.78 is 185. The highest BCUT2D eigenvalue weighted by molar-refractivity contribution is 5.96. The normalized spacial score (nSPS) is 17.9. The van der Waals surface area contributed by atoms with Crippen LogP contribution in [0.15, 0.2) is 152 Å². The third kappa shape index (κ3) is 21.7. The molecule has 6 aliphatic rings. The number of amides is 6. The highest BCUT2D eigenvalue weighted by atomic mass is 19.4. The predicted molar refractivity (Wildman–Crippen MR) is 466 cm³/mol. The minimum atomic E-state index is -4.77. The van der Waals surface area contributed by atoms with Crippen molar-refractivity contribution in [3.8, 4) is 33.8 Å². The Morgan fingerprint density at radius 1 is 0.511 bits per heavy atom. The molecule has 12 aromatic rings. The first kappa shape index (κ1) is 96.6. The number of piperidine rings is 2. The molecule has 1 aliphatic carbocycles. The highest BCUT2D eigenvalue weighted by Crippen LogP contribution is 2.41. The van der Waals surface area contributed by atoms with Gasteiger partial charge in [-0.2, -0.15) is 59.9 Å². The number of benzene rings is 4. The number of likely N-dealkylation sites (tertiary alicyclic amines) is 2. The van der Waals surface area contributed by atoms with Crippen LogP contribution in [-0.4, -0.2) is 248 Å². The molecule has 18 rings (SSSR count). The van der Waals surface area contributed by atoms with E-state index in [-0.39, 0.29) is 102 Å². The van der Waals surface area contributed by atoms with Crippen molar-refractivity contribution in [1.82, 2.24) is 87.8 Å². The molecule has 0 radical (unpaired) electrons. The molecule has 4 aromatic carbocycles. The predicted octanol–water partition coefficient (Wildman–Crippen LogP) is 15.5. The molecular weight excluding hydrogens is 1790 g/mol. The number of carbonyl (C=O) groups excluding carboxylic acids is 6. The first-order valence-electron chi connectivity index (χ1n) is 44.3. The molecule has 135 heavy (non-hydrogen) atoms. The van der Waals surface area contributed by atoms with Crippen molar-refractivity contribution in [3.05, 3.63) is 226 Å². The van der Waals surface area contributed by atoms with E-state index < -0.39 is 111 Å². The fourth-order valence-corrected chi connectivity index (χ4v) is 17.4. The number of fused-ring (bicyclic) bond motifs is 4. The van der Waals surface area contributed by atoms with E-state index in [2.05, 4.69) is 50.2 Å². The highest BCUT2D eigenvalue weighted by Gasteiger charge is 2.49. The summed E-state index contributed by atoms with van der Waals surface area (Å²) in [6, 6.07) is 27.9. The summed E-state index contributed by atoms with van der Waals surface area (Å²) in [5, 5.41) is 37.4. The molecule has 29 nitrogen and oxygen atoms in total. The fourth-order valence-electron chi connectivity index (χ4n) is 17.4. The monoisotopic (exact) mass is 1880 g/mol. The van der Waals surface area contributed by atoms with Crippen LogP contribution in [0.5, 0.6) is 0 Å². The number of hydrogen-bond acceptors (Lipinski definition) is 19. The van der Waals surface area contributed by atoms with E-state index in [1.54, 1.807) is 32.3 Å². The molecule has 41 heteroatoms. The lowest BCUT2D eigenvalue weighted by atomic mass is 9.78. The van der Waals surface area contributed by atoms with Crippen molar-refractivity contribution in [2.75, 3.05) is 85.3 Å². The van der Waals surface area contributed by atoms with Gasteiger partial charge in [-0.15, -0.1) is 0 Å². The van der Waals surface area contributed by atoms with Crippen LogP contribution < -0.4 is 0 Å². The van der Waals surface area contributed by atoms with Crippen LogP contribution in [0.4, 0.5) is 57.5 Å². The van der Waals surface area contributed by atoms with Gasteiger partial charge in [-0.25, -0.2) is 56.0 Å². The molecule has 5 saturated heterocycles. The van der Waals surface area contributed by atoms with Gasteiger partial charge in [0.1, 0.15) is 69.1 Å². The number of alkyl halides is 9. The van der Waals surface area contributed by atoms with Crippen LogP contribution in [-0.2, 0) is 44.1 Å². The minimum absolute atomic E-state index is 0.00578. The van der Waals surface area contributed by atoms with Crippen LogP contribution in [0.25, 0.3) is 56.4 Å².